The fourth-order valence-corrected chi connectivity index (χ4v) is 3.96. The zero-order valence-corrected chi connectivity index (χ0v) is 13.3. The summed E-state index contributed by atoms with van der Waals surface area (Å²) in [5.41, 5.74) is 6.06. The van der Waals surface area contributed by atoms with Crippen LogP contribution < -0.4 is 10.5 Å². The smallest absolute Gasteiger partial charge is 0.241 e. The molecule has 0 spiro atoms. The SMILES string of the molecule is CC1(NS(=O)(=O)c2ccc(CCCN)cc2)CCCOC1. The Hall–Kier alpha value is -0.950. The molecule has 1 unspecified atom stereocenters. The summed E-state index contributed by atoms with van der Waals surface area (Å²) in [5, 5.41) is 0. The second-order valence-corrected chi connectivity index (χ2v) is 7.54. The van der Waals surface area contributed by atoms with Gasteiger partial charge in [-0.1, -0.05) is 12.1 Å². The highest BCUT2D eigenvalue weighted by Gasteiger charge is 2.32. The highest BCUT2D eigenvalue weighted by Crippen LogP contribution is 2.22. The topological polar surface area (TPSA) is 81.4 Å². The normalized spacial score (nSPS) is 23.1. The molecule has 0 radical (unpaired) electrons. The largest absolute Gasteiger partial charge is 0.380 e. The summed E-state index contributed by atoms with van der Waals surface area (Å²) >= 11 is 0. The summed E-state index contributed by atoms with van der Waals surface area (Å²) in [7, 11) is -3.51. The lowest BCUT2D eigenvalue weighted by atomic mass is 9.97. The van der Waals surface area contributed by atoms with E-state index in [-0.39, 0.29) is 0 Å². The van der Waals surface area contributed by atoms with Crippen LogP contribution in [0.4, 0.5) is 0 Å². The number of benzene rings is 1. The van der Waals surface area contributed by atoms with E-state index in [1.807, 2.05) is 19.1 Å². The molecule has 5 nitrogen and oxygen atoms in total. The first-order chi connectivity index (χ1) is 9.95. The van der Waals surface area contributed by atoms with Gasteiger partial charge in [-0.05, 0) is 56.8 Å². The monoisotopic (exact) mass is 312 g/mol. The minimum absolute atomic E-state index is 0.297. The van der Waals surface area contributed by atoms with E-state index < -0.39 is 15.6 Å². The van der Waals surface area contributed by atoms with E-state index in [0.717, 1.165) is 31.2 Å². The molecule has 2 rings (SSSR count). The second-order valence-electron chi connectivity index (χ2n) is 5.86. The summed E-state index contributed by atoms with van der Waals surface area (Å²) in [6.07, 6.45) is 3.44. The van der Waals surface area contributed by atoms with E-state index in [1.165, 1.54) is 0 Å². The van der Waals surface area contributed by atoms with Crippen LogP contribution in [-0.2, 0) is 21.2 Å². The number of nitrogens with two attached hydrogens (primary N) is 1. The molecule has 0 aliphatic carbocycles. The zero-order valence-electron chi connectivity index (χ0n) is 12.5. The van der Waals surface area contributed by atoms with Gasteiger partial charge in [0.25, 0.3) is 0 Å². The third-order valence-electron chi connectivity index (χ3n) is 3.72. The van der Waals surface area contributed by atoms with Crippen LogP contribution in [0.25, 0.3) is 0 Å². The van der Waals surface area contributed by atoms with Crippen molar-refractivity contribution in [2.24, 2.45) is 5.73 Å². The first-order valence-corrected chi connectivity index (χ1v) is 8.84. The Bertz CT molecular complexity index is 549. The average Bonchev–Trinajstić information content (AvgIpc) is 2.45. The number of ether oxygens (including phenoxy) is 1. The summed E-state index contributed by atoms with van der Waals surface area (Å²) in [6, 6.07) is 7.01. The number of aryl methyl sites for hydroxylation is 1. The molecule has 0 aromatic heterocycles. The molecule has 1 aromatic carbocycles. The lowest BCUT2D eigenvalue weighted by Crippen LogP contribution is -2.51. The molecule has 3 N–H and O–H groups in total. The van der Waals surface area contributed by atoms with E-state index in [2.05, 4.69) is 4.72 Å². The predicted molar refractivity (Wildman–Crippen MR) is 82.6 cm³/mol. The number of nitrogens with one attached hydrogen (secondary N) is 1. The molecule has 1 fully saturated rings. The van der Waals surface area contributed by atoms with Crippen molar-refractivity contribution in [2.45, 2.75) is 43.0 Å². The summed E-state index contributed by atoms with van der Waals surface area (Å²) in [6.45, 7) is 3.65. The Morgan fingerprint density at radius 1 is 1.33 bits per heavy atom. The molecule has 118 valence electrons. The van der Waals surface area contributed by atoms with Crippen LogP contribution in [-0.4, -0.2) is 33.7 Å². The van der Waals surface area contributed by atoms with Gasteiger partial charge in [-0.25, -0.2) is 13.1 Å². The van der Waals surface area contributed by atoms with E-state index in [4.69, 9.17) is 10.5 Å². The number of rotatable bonds is 6. The van der Waals surface area contributed by atoms with Crippen LogP contribution in [0.15, 0.2) is 29.2 Å². The molecule has 1 aliphatic rings. The summed E-state index contributed by atoms with van der Waals surface area (Å²) in [5.74, 6) is 0. The van der Waals surface area contributed by atoms with Crippen molar-refractivity contribution in [3.63, 3.8) is 0 Å². The van der Waals surface area contributed by atoms with Gasteiger partial charge in [0.1, 0.15) is 0 Å². The Morgan fingerprint density at radius 3 is 2.62 bits per heavy atom. The van der Waals surface area contributed by atoms with Crippen molar-refractivity contribution in [1.29, 1.82) is 0 Å². The van der Waals surface area contributed by atoms with Gasteiger partial charge in [-0.3, -0.25) is 0 Å². The van der Waals surface area contributed by atoms with Gasteiger partial charge >= 0.3 is 0 Å². The third kappa shape index (κ3) is 4.51. The van der Waals surface area contributed by atoms with Crippen LogP contribution in [0.3, 0.4) is 0 Å². The van der Waals surface area contributed by atoms with Crippen LogP contribution in [0.5, 0.6) is 0 Å². The Balaban J connectivity index is 2.08. The van der Waals surface area contributed by atoms with Crippen molar-refractivity contribution in [3.05, 3.63) is 29.8 Å². The van der Waals surface area contributed by atoms with Crippen molar-refractivity contribution in [2.75, 3.05) is 19.8 Å². The van der Waals surface area contributed by atoms with Crippen LogP contribution >= 0.6 is 0 Å². The number of hydrogen-bond acceptors (Lipinski definition) is 4. The fraction of sp³-hybridized carbons (Fsp3) is 0.600. The van der Waals surface area contributed by atoms with Gasteiger partial charge < -0.3 is 10.5 Å². The van der Waals surface area contributed by atoms with E-state index >= 15 is 0 Å². The standard InChI is InChI=1S/C15H24N2O3S/c1-15(9-3-11-20-12-15)17-21(18,19)14-7-5-13(6-8-14)4-2-10-16/h5-8,17H,2-4,9-12,16H2,1H3. The quantitative estimate of drug-likeness (QED) is 0.832. The van der Waals surface area contributed by atoms with E-state index in [1.54, 1.807) is 12.1 Å². The summed E-state index contributed by atoms with van der Waals surface area (Å²) in [4.78, 5) is 0.297. The lowest BCUT2D eigenvalue weighted by Gasteiger charge is -2.33. The second kappa shape index (κ2) is 6.87. The van der Waals surface area contributed by atoms with Gasteiger partial charge in [0.05, 0.1) is 17.0 Å². The average molecular weight is 312 g/mol. The van der Waals surface area contributed by atoms with E-state index in [9.17, 15) is 8.42 Å². The van der Waals surface area contributed by atoms with Gasteiger partial charge in [0.15, 0.2) is 0 Å². The van der Waals surface area contributed by atoms with Gasteiger partial charge in [-0.15, -0.1) is 0 Å². The molecule has 21 heavy (non-hydrogen) atoms. The molecular weight excluding hydrogens is 288 g/mol. The Labute approximate surface area is 126 Å². The molecule has 0 bridgehead atoms. The molecule has 1 aliphatic heterocycles. The van der Waals surface area contributed by atoms with Crippen molar-refractivity contribution in [1.82, 2.24) is 4.72 Å². The lowest BCUT2D eigenvalue weighted by molar-refractivity contribution is 0.0386. The number of sulfonamides is 1. The highest BCUT2D eigenvalue weighted by atomic mass is 32.2. The van der Waals surface area contributed by atoms with Crippen molar-refractivity contribution in [3.8, 4) is 0 Å². The molecule has 1 heterocycles. The minimum atomic E-state index is -3.51. The first kappa shape index (κ1) is 16.4. The highest BCUT2D eigenvalue weighted by molar-refractivity contribution is 7.89. The maximum Gasteiger partial charge on any atom is 0.241 e. The first-order valence-electron chi connectivity index (χ1n) is 7.36. The Kier molecular flexibility index (Phi) is 5.37. The van der Waals surface area contributed by atoms with Gasteiger partial charge in [0.2, 0.25) is 10.0 Å². The van der Waals surface area contributed by atoms with Crippen LogP contribution in [0.1, 0.15) is 31.7 Å². The number of hydrogen-bond donors (Lipinski definition) is 2. The molecule has 0 amide bonds. The van der Waals surface area contributed by atoms with Crippen molar-refractivity contribution >= 4 is 10.0 Å². The molecule has 1 saturated heterocycles. The third-order valence-corrected chi connectivity index (χ3v) is 5.38. The summed E-state index contributed by atoms with van der Waals surface area (Å²) < 4.78 is 33.1. The Morgan fingerprint density at radius 2 is 2.05 bits per heavy atom. The van der Waals surface area contributed by atoms with Crippen molar-refractivity contribution < 1.29 is 13.2 Å². The molecular formula is C15H24N2O3S. The van der Waals surface area contributed by atoms with E-state index in [0.29, 0.717) is 24.7 Å². The maximum atomic E-state index is 12.4. The van der Waals surface area contributed by atoms with Crippen LogP contribution in [0, 0.1) is 0 Å². The molecule has 1 aromatic rings. The molecule has 0 saturated carbocycles. The maximum absolute atomic E-state index is 12.4. The fourth-order valence-electron chi connectivity index (χ4n) is 2.54. The van der Waals surface area contributed by atoms with Gasteiger partial charge in [-0.2, -0.15) is 0 Å². The van der Waals surface area contributed by atoms with Gasteiger partial charge in [0, 0.05) is 6.61 Å². The van der Waals surface area contributed by atoms with Crippen LogP contribution in [0.2, 0.25) is 0 Å². The minimum Gasteiger partial charge on any atom is -0.380 e. The zero-order chi connectivity index (χ0) is 15.3. The molecule has 1 atom stereocenters. The predicted octanol–water partition coefficient (Wildman–Crippen LogP) is 1.43. The molecule has 6 heteroatoms.